The lowest BCUT2D eigenvalue weighted by molar-refractivity contribution is -0.117. The Balaban J connectivity index is 1.71. The summed E-state index contributed by atoms with van der Waals surface area (Å²) in [5, 5.41) is 5.53. The van der Waals surface area contributed by atoms with Crippen LogP contribution in [0, 0.1) is 3.77 Å². The molecule has 0 spiro atoms. The largest absolute Gasteiger partial charge is 0.496 e. The fraction of sp³-hybridized carbons (Fsp3) is 0.130. The highest BCUT2D eigenvalue weighted by Crippen LogP contribution is 2.17. The normalized spacial score (nSPS) is 11.1. The van der Waals surface area contributed by atoms with Gasteiger partial charge in [-0.3, -0.25) is 9.59 Å². The molecule has 2 N–H and O–H groups in total. The van der Waals surface area contributed by atoms with E-state index >= 15 is 0 Å². The lowest BCUT2D eigenvalue weighted by Gasteiger charge is -2.12. The topological polar surface area (TPSA) is 80.6 Å². The van der Waals surface area contributed by atoms with E-state index < -0.39 is 5.91 Å². The van der Waals surface area contributed by atoms with Gasteiger partial charge in [0.05, 0.1) is 7.11 Å². The molecule has 0 aliphatic rings. The van der Waals surface area contributed by atoms with Crippen molar-refractivity contribution in [3.8, 4) is 5.75 Å². The molecule has 0 aliphatic heterocycles. The van der Waals surface area contributed by atoms with E-state index in [1.807, 2.05) is 52.9 Å². The minimum atomic E-state index is -0.402. The van der Waals surface area contributed by atoms with Gasteiger partial charge in [0, 0.05) is 18.2 Å². The van der Waals surface area contributed by atoms with Crippen molar-refractivity contribution in [3.05, 3.63) is 93.1 Å². The molecule has 0 unspecified atom stereocenters. The Morgan fingerprint density at radius 3 is 2.47 bits per heavy atom. The number of benzene rings is 2. The Hall–Kier alpha value is -3.07. The second-order valence-electron chi connectivity index (χ2n) is 6.34. The van der Waals surface area contributed by atoms with Gasteiger partial charge in [-0.2, -0.15) is 0 Å². The van der Waals surface area contributed by atoms with Crippen molar-refractivity contribution in [1.29, 1.82) is 0 Å². The van der Waals surface area contributed by atoms with E-state index in [9.17, 15) is 9.59 Å². The number of nitrogens with one attached hydrogen (secondary N) is 2. The first kappa shape index (κ1) is 21.6. The number of methoxy groups -OCH3 is 1. The van der Waals surface area contributed by atoms with Gasteiger partial charge in [-0.25, -0.2) is 0 Å². The Labute approximate surface area is 188 Å². The number of carbonyl (C=O) groups is 2. The standard InChI is InChI=1S/C23H21IN2O4/c1-29-20-10-6-5-7-16(20)13-14-25-23(28)19(15-18-11-12-21(24)30-18)26-22(27)17-8-3-2-4-9-17/h2-12,15H,13-14H2,1H3,(H,25,28)(H,26,27)/b19-15-. The number of hydrogen-bond donors (Lipinski definition) is 2. The summed E-state index contributed by atoms with van der Waals surface area (Å²) in [5.41, 5.74) is 1.55. The molecular weight excluding hydrogens is 495 g/mol. The highest BCUT2D eigenvalue weighted by atomic mass is 127. The van der Waals surface area contributed by atoms with E-state index in [0.717, 1.165) is 11.3 Å². The Morgan fingerprint density at radius 1 is 1.03 bits per heavy atom. The number of halogens is 1. The molecule has 30 heavy (non-hydrogen) atoms. The van der Waals surface area contributed by atoms with Crippen molar-refractivity contribution in [3.63, 3.8) is 0 Å². The minimum Gasteiger partial charge on any atom is -0.496 e. The number of hydrogen-bond acceptors (Lipinski definition) is 4. The molecule has 0 atom stereocenters. The van der Waals surface area contributed by atoms with Gasteiger partial charge >= 0.3 is 0 Å². The average Bonchev–Trinajstić information content (AvgIpc) is 3.18. The lowest BCUT2D eigenvalue weighted by Crippen LogP contribution is -2.35. The molecule has 3 rings (SSSR count). The average molecular weight is 516 g/mol. The van der Waals surface area contributed by atoms with Crippen molar-refractivity contribution in [2.75, 3.05) is 13.7 Å². The third-order valence-corrected chi connectivity index (χ3v) is 4.86. The predicted molar refractivity (Wildman–Crippen MR) is 123 cm³/mol. The van der Waals surface area contributed by atoms with Gasteiger partial charge < -0.3 is 19.8 Å². The van der Waals surface area contributed by atoms with Crippen LogP contribution in [0.5, 0.6) is 5.75 Å². The molecule has 2 amide bonds. The van der Waals surface area contributed by atoms with Crippen LogP contribution in [-0.4, -0.2) is 25.5 Å². The SMILES string of the molecule is COc1ccccc1CCNC(=O)/C(=C/c1ccc(I)o1)NC(=O)c1ccccc1. The van der Waals surface area contributed by atoms with Crippen LogP contribution in [0.15, 0.2) is 76.8 Å². The molecule has 1 heterocycles. The van der Waals surface area contributed by atoms with Gasteiger partial charge in [0.25, 0.3) is 11.8 Å². The minimum absolute atomic E-state index is 0.106. The number of carbonyl (C=O) groups excluding carboxylic acids is 2. The molecule has 6 nitrogen and oxygen atoms in total. The number of ether oxygens (including phenoxy) is 1. The lowest BCUT2D eigenvalue weighted by atomic mass is 10.1. The predicted octanol–water partition coefficient (Wildman–Crippen LogP) is 4.02. The third-order valence-electron chi connectivity index (χ3n) is 4.28. The molecule has 0 bridgehead atoms. The second kappa shape index (κ2) is 10.6. The molecule has 1 aromatic heterocycles. The summed E-state index contributed by atoms with van der Waals surface area (Å²) >= 11 is 2.04. The van der Waals surface area contributed by atoms with Crippen molar-refractivity contribution < 1.29 is 18.7 Å². The molecule has 0 aliphatic carbocycles. The van der Waals surface area contributed by atoms with Gasteiger partial charge in [0.2, 0.25) is 0 Å². The summed E-state index contributed by atoms with van der Waals surface area (Å²) in [4.78, 5) is 25.4. The van der Waals surface area contributed by atoms with E-state index in [4.69, 9.17) is 9.15 Å². The Kier molecular flexibility index (Phi) is 7.67. The van der Waals surface area contributed by atoms with E-state index in [-0.39, 0.29) is 11.6 Å². The van der Waals surface area contributed by atoms with Crippen LogP contribution < -0.4 is 15.4 Å². The maximum Gasteiger partial charge on any atom is 0.267 e. The van der Waals surface area contributed by atoms with Gasteiger partial charge in [-0.15, -0.1) is 0 Å². The van der Waals surface area contributed by atoms with Gasteiger partial charge in [-0.1, -0.05) is 36.4 Å². The van der Waals surface area contributed by atoms with Crippen LogP contribution in [0.3, 0.4) is 0 Å². The number of para-hydroxylation sites is 1. The molecule has 0 radical (unpaired) electrons. The van der Waals surface area contributed by atoms with Gasteiger partial charge in [0.15, 0.2) is 3.77 Å². The van der Waals surface area contributed by atoms with Crippen molar-refractivity contribution in [2.45, 2.75) is 6.42 Å². The molecule has 0 saturated carbocycles. The summed E-state index contributed by atoms with van der Waals surface area (Å²) in [5.74, 6) is 0.469. The van der Waals surface area contributed by atoms with Crippen molar-refractivity contribution >= 4 is 40.5 Å². The maximum absolute atomic E-state index is 12.8. The molecule has 0 saturated heterocycles. The zero-order valence-electron chi connectivity index (χ0n) is 16.4. The molecule has 0 fully saturated rings. The van der Waals surface area contributed by atoms with Crippen molar-refractivity contribution in [1.82, 2.24) is 10.6 Å². The first-order valence-corrected chi connectivity index (χ1v) is 10.4. The fourth-order valence-corrected chi connectivity index (χ4v) is 3.24. The highest BCUT2D eigenvalue weighted by molar-refractivity contribution is 14.1. The zero-order chi connectivity index (χ0) is 21.3. The van der Waals surface area contributed by atoms with E-state index in [1.165, 1.54) is 6.08 Å². The van der Waals surface area contributed by atoms with Gasteiger partial charge in [-0.05, 0) is 64.9 Å². The van der Waals surface area contributed by atoms with Crippen LogP contribution in [0.25, 0.3) is 6.08 Å². The molecular formula is C23H21IN2O4. The van der Waals surface area contributed by atoms with Crippen LogP contribution >= 0.6 is 22.6 Å². The first-order valence-electron chi connectivity index (χ1n) is 9.30. The maximum atomic E-state index is 12.8. The molecule has 154 valence electrons. The summed E-state index contributed by atoms with van der Waals surface area (Å²) in [7, 11) is 1.61. The van der Waals surface area contributed by atoms with Crippen LogP contribution in [-0.2, 0) is 11.2 Å². The number of furan rings is 1. The van der Waals surface area contributed by atoms with E-state index in [2.05, 4.69) is 10.6 Å². The number of rotatable bonds is 8. The Bertz CT molecular complexity index is 1040. The van der Waals surface area contributed by atoms with Crippen LogP contribution in [0.2, 0.25) is 0 Å². The highest BCUT2D eigenvalue weighted by Gasteiger charge is 2.15. The summed E-state index contributed by atoms with van der Waals surface area (Å²) in [6, 6.07) is 19.9. The zero-order valence-corrected chi connectivity index (χ0v) is 18.5. The first-order chi connectivity index (χ1) is 14.6. The van der Waals surface area contributed by atoms with Crippen molar-refractivity contribution in [2.24, 2.45) is 0 Å². The number of amides is 2. The molecule has 7 heteroatoms. The fourth-order valence-electron chi connectivity index (χ4n) is 2.81. The van der Waals surface area contributed by atoms with E-state index in [1.54, 1.807) is 43.5 Å². The molecule has 2 aromatic carbocycles. The monoisotopic (exact) mass is 516 g/mol. The van der Waals surface area contributed by atoms with E-state index in [0.29, 0.717) is 28.1 Å². The Morgan fingerprint density at radius 2 is 1.77 bits per heavy atom. The summed E-state index contributed by atoms with van der Waals surface area (Å²) < 4.78 is 11.5. The van der Waals surface area contributed by atoms with Crippen LogP contribution in [0.1, 0.15) is 21.7 Å². The van der Waals surface area contributed by atoms with Crippen LogP contribution in [0.4, 0.5) is 0 Å². The van der Waals surface area contributed by atoms with Gasteiger partial charge in [0.1, 0.15) is 17.2 Å². The summed E-state index contributed by atoms with van der Waals surface area (Å²) in [6.07, 6.45) is 2.11. The smallest absolute Gasteiger partial charge is 0.267 e. The summed E-state index contributed by atoms with van der Waals surface area (Å²) in [6.45, 7) is 0.382. The quantitative estimate of drug-likeness (QED) is 0.350. The molecule has 3 aromatic rings. The third kappa shape index (κ3) is 5.96. The second-order valence-corrected chi connectivity index (χ2v) is 7.40.